The van der Waals surface area contributed by atoms with E-state index < -0.39 is 5.60 Å². The number of piperidine rings is 1. The summed E-state index contributed by atoms with van der Waals surface area (Å²) in [4.78, 5) is 2.46. The topological polar surface area (TPSA) is 49.5 Å². The maximum absolute atomic E-state index is 10.9. The summed E-state index contributed by atoms with van der Waals surface area (Å²) in [6.45, 7) is 0. The fraction of sp³-hybridized carbons (Fsp3) is 1.00. The second kappa shape index (κ2) is 4.22. The highest BCUT2D eigenvalue weighted by molar-refractivity contribution is 5.05. The molecule has 2 heterocycles. The fourth-order valence-corrected chi connectivity index (χ4v) is 4.09. The molecule has 1 aliphatic carbocycles. The van der Waals surface area contributed by atoms with Crippen molar-refractivity contribution in [2.45, 2.75) is 75.1 Å². The number of fused-ring (bicyclic) bond motifs is 2. The number of rotatable bonds is 3. The minimum absolute atomic E-state index is 0.00426. The van der Waals surface area contributed by atoms with E-state index >= 15 is 0 Å². The van der Waals surface area contributed by atoms with Gasteiger partial charge in [0, 0.05) is 18.1 Å². The molecule has 2 bridgehead atoms. The Morgan fingerprint density at radius 1 is 1.24 bits per heavy atom. The van der Waals surface area contributed by atoms with Crippen molar-refractivity contribution in [1.82, 2.24) is 4.90 Å². The highest BCUT2D eigenvalue weighted by Gasteiger charge is 2.49. The third-order valence-corrected chi connectivity index (χ3v) is 5.67. The molecule has 0 radical (unpaired) electrons. The van der Waals surface area contributed by atoms with Gasteiger partial charge in [-0.2, -0.15) is 0 Å². The lowest BCUT2D eigenvalue weighted by atomic mass is 9.73. The molecule has 1 saturated carbocycles. The van der Waals surface area contributed by atoms with Gasteiger partial charge in [0.05, 0.1) is 5.60 Å². The van der Waals surface area contributed by atoms with Crippen LogP contribution >= 0.6 is 0 Å². The van der Waals surface area contributed by atoms with Crippen LogP contribution in [0, 0.1) is 5.92 Å². The van der Waals surface area contributed by atoms with Crippen LogP contribution in [0.15, 0.2) is 0 Å². The monoisotopic (exact) mass is 238 g/mol. The van der Waals surface area contributed by atoms with Crippen LogP contribution < -0.4 is 5.73 Å². The van der Waals surface area contributed by atoms with E-state index in [4.69, 9.17) is 5.73 Å². The standard InChI is InChI=1S/C14H26N2O/c1-16-11-5-6-12(16)9-14(17,8-11)13(15)7-10-3-2-4-10/h10-13,17H,2-9,15H2,1H3. The zero-order chi connectivity index (χ0) is 12.0. The van der Waals surface area contributed by atoms with E-state index in [0.717, 1.165) is 25.2 Å². The Hall–Kier alpha value is -0.120. The van der Waals surface area contributed by atoms with Gasteiger partial charge in [0.25, 0.3) is 0 Å². The fourth-order valence-electron chi connectivity index (χ4n) is 4.09. The van der Waals surface area contributed by atoms with Gasteiger partial charge in [-0.3, -0.25) is 0 Å². The molecule has 0 amide bonds. The summed E-state index contributed by atoms with van der Waals surface area (Å²) < 4.78 is 0. The molecular weight excluding hydrogens is 212 g/mol. The molecule has 0 aromatic rings. The van der Waals surface area contributed by atoms with Crippen LogP contribution in [0.3, 0.4) is 0 Å². The smallest absolute Gasteiger partial charge is 0.0827 e. The van der Waals surface area contributed by atoms with E-state index in [0.29, 0.717) is 12.1 Å². The quantitative estimate of drug-likeness (QED) is 0.783. The van der Waals surface area contributed by atoms with Crippen LogP contribution in [0.4, 0.5) is 0 Å². The van der Waals surface area contributed by atoms with Crippen molar-refractivity contribution in [2.75, 3.05) is 7.05 Å². The lowest BCUT2D eigenvalue weighted by Crippen LogP contribution is -2.58. The van der Waals surface area contributed by atoms with Crippen molar-refractivity contribution >= 4 is 0 Å². The number of aliphatic hydroxyl groups is 1. The first-order valence-electron chi connectivity index (χ1n) is 7.28. The summed E-state index contributed by atoms with van der Waals surface area (Å²) in [7, 11) is 2.21. The van der Waals surface area contributed by atoms with E-state index in [9.17, 15) is 5.11 Å². The Morgan fingerprint density at radius 2 is 1.82 bits per heavy atom. The summed E-state index contributed by atoms with van der Waals surface area (Å²) in [5.41, 5.74) is 5.75. The number of nitrogens with zero attached hydrogens (tertiary/aromatic N) is 1. The molecular formula is C14H26N2O. The van der Waals surface area contributed by atoms with Crippen molar-refractivity contribution < 1.29 is 5.11 Å². The van der Waals surface area contributed by atoms with Crippen LogP contribution in [-0.4, -0.2) is 40.8 Å². The van der Waals surface area contributed by atoms with Gasteiger partial charge in [-0.05, 0) is 45.1 Å². The van der Waals surface area contributed by atoms with Gasteiger partial charge in [-0.25, -0.2) is 0 Å². The van der Waals surface area contributed by atoms with Crippen molar-refractivity contribution in [2.24, 2.45) is 11.7 Å². The lowest BCUT2D eigenvalue weighted by Gasteiger charge is -2.46. The normalized spacial score (nSPS) is 44.6. The number of hydrogen-bond donors (Lipinski definition) is 2. The second-order valence-electron chi connectivity index (χ2n) is 6.70. The highest BCUT2D eigenvalue weighted by atomic mass is 16.3. The molecule has 3 fully saturated rings. The second-order valence-corrected chi connectivity index (χ2v) is 6.70. The van der Waals surface area contributed by atoms with Crippen molar-refractivity contribution in [3.63, 3.8) is 0 Å². The van der Waals surface area contributed by atoms with E-state index in [1.165, 1.54) is 32.1 Å². The van der Waals surface area contributed by atoms with Gasteiger partial charge in [0.2, 0.25) is 0 Å². The third-order valence-electron chi connectivity index (χ3n) is 5.67. The zero-order valence-corrected chi connectivity index (χ0v) is 10.9. The van der Waals surface area contributed by atoms with E-state index in [2.05, 4.69) is 11.9 Å². The van der Waals surface area contributed by atoms with E-state index in [-0.39, 0.29) is 6.04 Å². The zero-order valence-electron chi connectivity index (χ0n) is 10.9. The summed E-state index contributed by atoms with van der Waals surface area (Å²) in [5, 5.41) is 10.9. The van der Waals surface area contributed by atoms with Crippen molar-refractivity contribution in [3.8, 4) is 0 Å². The van der Waals surface area contributed by atoms with Gasteiger partial charge in [0.1, 0.15) is 0 Å². The molecule has 3 N–H and O–H groups in total. The van der Waals surface area contributed by atoms with Crippen LogP contribution in [0.2, 0.25) is 0 Å². The van der Waals surface area contributed by atoms with E-state index in [1.54, 1.807) is 0 Å². The molecule has 3 atom stereocenters. The Kier molecular flexibility index (Phi) is 2.96. The Bertz CT molecular complexity index is 276. The van der Waals surface area contributed by atoms with Gasteiger partial charge in [-0.1, -0.05) is 19.3 Å². The SMILES string of the molecule is CN1C2CCC1CC(O)(C(N)CC1CCC1)C2. The molecule has 3 unspecified atom stereocenters. The molecule has 3 aliphatic rings. The predicted molar refractivity (Wildman–Crippen MR) is 68.7 cm³/mol. The first-order chi connectivity index (χ1) is 8.08. The summed E-state index contributed by atoms with van der Waals surface area (Å²) >= 11 is 0. The molecule has 3 nitrogen and oxygen atoms in total. The molecule has 0 spiro atoms. The number of nitrogens with two attached hydrogens (primary N) is 1. The molecule has 17 heavy (non-hydrogen) atoms. The lowest BCUT2D eigenvalue weighted by molar-refractivity contribution is -0.0681. The first kappa shape index (κ1) is 11.9. The third kappa shape index (κ3) is 2.02. The van der Waals surface area contributed by atoms with Crippen LogP contribution in [0.25, 0.3) is 0 Å². The maximum atomic E-state index is 10.9. The summed E-state index contributed by atoms with van der Waals surface area (Å²) in [6.07, 6.45) is 9.36. The average Bonchev–Trinajstić information content (AvgIpc) is 2.49. The average molecular weight is 238 g/mol. The summed E-state index contributed by atoms with van der Waals surface area (Å²) in [6, 6.07) is 1.15. The molecule has 3 heteroatoms. The first-order valence-corrected chi connectivity index (χ1v) is 7.28. The predicted octanol–water partition coefficient (Wildman–Crippen LogP) is 1.49. The molecule has 2 aliphatic heterocycles. The Morgan fingerprint density at radius 3 is 2.29 bits per heavy atom. The highest BCUT2D eigenvalue weighted by Crippen LogP contribution is 2.43. The minimum Gasteiger partial charge on any atom is -0.388 e. The van der Waals surface area contributed by atoms with Crippen LogP contribution in [0.5, 0.6) is 0 Å². The van der Waals surface area contributed by atoms with Crippen molar-refractivity contribution in [3.05, 3.63) is 0 Å². The summed E-state index contributed by atoms with van der Waals surface area (Å²) in [5.74, 6) is 0.798. The van der Waals surface area contributed by atoms with Gasteiger partial charge < -0.3 is 15.7 Å². The van der Waals surface area contributed by atoms with Crippen LogP contribution in [-0.2, 0) is 0 Å². The van der Waals surface area contributed by atoms with Gasteiger partial charge in [-0.15, -0.1) is 0 Å². The minimum atomic E-state index is -0.575. The molecule has 0 aromatic carbocycles. The van der Waals surface area contributed by atoms with E-state index in [1.807, 2.05) is 0 Å². The molecule has 98 valence electrons. The largest absolute Gasteiger partial charge is 0.388 e. The Balaban J connectivity index is 1.64. The van der Waals surface area contributed by atoms with Crippen LogP contribution in [0.1, 0.15) is 51.4 Å². The molecule has 2 saturated heterocycles. The van der Waals surface area contributed by atoms with Gasteiger partial charge >= 0.3 is 0 Å². The molecule has 3 rings (SSSR count). The Labute approximate surface area is 104 Å². The molecule has 0 aromatic heterocycles. The maximum Gasteiger partial charge on any atom is 0.0827 e. The van der Waals surface area contributed by atoms with Crippen molar-refractivity contribution in [1.29, 1.82) is 0 Å². The van der Waals surface area contributed by atoms with Gasteiger partial charge in [0.15, 0.2) is 0 Å². The number of hydrogen-bond acceptors (Lipinski definition) is 3.